The number of amides is 1. The fourth-order valence-corrected chi connectivity index (χ4v) is 4.65. The zero-order valence-electron chi connectivity index (χ0n) is 14.0. The number of nitrogens with one attached hydrogen (secondary N) is 1. The van der Waals surface area contributed by atoms with E-state index in [-0.39, 0.29) is 30.2 Å². The van der Waals surface area contributed by atoms with E-state index >= 15 is 0 Å². The summed E-state index contributed by atoms with van der Waals surface area (Å²) in [5, 5.41) is 3.40. The van der Waals surface area contributed by atoms with Crippen molar-refractivity contribution in [3.05, 3.63) is 35.6 Å². The lowest BCUT2D eigenvalue weighted by Gasteiger charge is -2.28. The topological polar surface area (TPSA) is 32.3 Å². The second kappa shape index (κ2) is 7.01. The van der Waals surface area contributed by atoms with E-state index in [1.807, 2.05) is 6.07 Å². The number of hydrogen-bond acceptors (Lipinski definition) is 2. The summed E-state index contributed by atoms with van der Waals surface area (Å²) >= 11 is 0. The molecule has 0 radical (unpaired) electrons. The first-order valence-corrected chi connectivity index (χ1v) is 8.94. The van der Waals surface area contributed by atoms with E-state index in [4.69, 9.17) is 0 Å². The van der Waals surface area contributed by atoms with E-state index in [1.165, 1.54) is 6.07 Å². The molecule has 2 atom stereocenters. The van der Waals surface area contributed by atoms with Gasteiger partial charge in [-0.2, -0.15) is 0 Å². The molecule has 132 valence electrons. The van der Waals surface area contributed by atoms with E-state index in [9.17, 15) is 9.18 Å². The number of hydrogen-bond donors (Lipinski definition) is 1. The van der Waals surface area contributed by atoms with Crippen molar-refractivity contribution in [2.45, 2.75) is 44.6 Å². The molecule has 1 aromatic rings. The highest BCUT2D eigenvalue weighted by molar-refractivity contribution is 5.85. The Morgan fingerprint density at radius 2 is 2.12 bits per heavy atom. The molecule has 3 aliphatic rings. The molecule has 24 heavy (non-hydrogen) atoms. The maximum atomic E-state index is 13.4. The van der Waals surface area contributed by atoms with Crippen LogP contribution in [0.25, 0.3) is 0 Å². The summed E-state index contributed by atoms with van der Waals surface area (Å²) in [6.45, 7) is 2.98. The van der Waals surface area contributed by atoms with E-state index in [1.54, 1.807) is 12.1 Å². The van der Waals surface area contributed by atoms with Crippen molar-refractivity contribution >= 4 is 18.3 Å². The first-order valence-electron chi connectivity index (χ1n) is 8.94. The number of halogens is 2. The van der Waals surface area contributed by atoms with Gasteiger partial charge in [0.2, 0.25) is 5.91 Å². The van der Waals surface area contributed by atoms with Crippen LogP contribution in [-0.2, 0) is 11.2 Å². The molecular formula is C19H26ClFN2O. The average molecular weight is 353 g/mol. The molecule has 1 aromatic carbocycles. The zero-order chi connectivity index (χ0) is 15.9. The lowest BCUT2D eigenvalue weighted by molar-refractivity contribution is -0.134. The van der Waals surface area contributed by atoms with Gasteiger partial charge in [0, 0.05) is 18.5 Å². The number of rotatable bonds is 3. The van der Waals surface area contributed by atoms with Gasteiger partial charge in [-0.3, -0.25) is 4.79 Å². The first kappa shape index (κ1) is 17.7. The molecule has 3 fully saturated rings. The van der Waals surface area contributed by atoms with Gasteiger partial charge >= 0.3 is 0 Å². The van der Waals surface area contributed by atoms with Gasteiger partial charge in [0.05, 0.1) is 0 Å². The largest absolute Gasteiger partial charge is 0.339 e. The Morgan fingerprint density at radius 1 is 1.33 bits per heavy atom. The van der Waals surface area contributed by atoms with Crippen LogP contribution in [0.4, 0.5) is 4.39 Å². The summed E-state index contributed by atoms with van der Waals surface area (Å²) in [5.41, 5.74) is 1.30. The Bertz CT molecular complexity index is 603. The number of benzene rings is 1. The number of likely N-dealkylation sites (tertiary alicyclic amines) is 1. The van der Waals surface area contributed by atoms with Crippen molar-refractivity contribution in [3.63, 3.8) is 0 Å². The SMILES string of the molecule is Cl.O=C(C1CC12CCNCC2)N1CCCC1Cc1cccc(F)c1. The molecule has 1 amide bonds. The van der Waals surface area contributed by atoms with E-state index in [0.29, 0.717) is 11.3 Å². The minimum absolute atomic E-state index is 0. The van der Waals surface area contributed by atoms with Crippen LogP contribution in [0.15, 0.2) is 24.3 Å². The van der Waals surface area contributed by atoms with Crippen molar-refractivity contribution < 1.29 is 9.18 Å². The molecule has 1 spiro atoms. The zero-order valence-corrected chi connectivity index (χ0v) is 14.8. The molecular weight excluding hydrogens is 327 g/mol. The number of nitrogens with zero attached hydrogens (tertiary/aromatic N) is 1. The third kappa shape index (κ3) is 3.31. The summed E-state index contributed by atoms with van der Waals surface area (Å²) in [4.78, 5) is 15.1. The second-order valence-corrected chi connectivity index (χ2v) is 7.53. The minimum Gasteiger partial charge on any atom is -0.339 e. The minimum atomic E-state index is -0.186. The van der Waals surface area contributed by atoms with Gasteiger partial charge in [0.15, 0.2) is 0 Å². The van der Waals surface area contributed by atoms with Gasteiger partial charge in [-0.05, 0) is 74.7 Å². The maximum absolute atomic E-state index is 13.4. The van der Waals surface area contributed by atoms with Gasteiger partial charge < -0.3 is 10.2 Å². The van der Waals surface area contributed by atoms with Crippen molar-refractivity contribution in [1.29, 1.82) is 0 Å². The van der Waals surface area contributed by atoms with Gasteiger partial charge in [-0.25, -0.2) is 4.39 Å². The lowest BCUT2D eigenvalue weighted by atomic mass is 9.91. The molecule has 2 unspecified atom stereocenters. The van der Waals surface area contributed by atoms with Crippen molar-refractivity contribution in [3.8, 4) is 0 Å². The van der Waals surface area contributed by atoms with Crippen molar-refractivity contribution in [2.75, 3.05) is 19.6 Å². The van der Waals surface area contributed by atoms with Gasteiger partial charge in [0.25, 0.3) is 0 Å². The number of carbonyl (C=O) groups excluding carboxylic acids is 1. The Hall–Kier alpha value is -1.13. The molecule has 4 rings (SSSR count). The molecule has 1 N–H and O–H groups in total. The van der Waals surface area contributed by atoms with E-state index < -0.39 is 0 Å². The summed E-state index contributed by atoms with van der Waals surface area (Å²) in [6.07, 6.45) is 6.27. The predicted octanol–water partition coefficient (Wildman–Crippen LogP) is 3.17. The van der Waals surface area contributed by atoms with Gasteiger partial charge in [-0.1, -0.05) is 12.1 Å². The van der Waals surface area contributed by atoms with Crippen molar-refractivity contribution in [2.24, 2.45) is 11.3 Å². The molecule has 0 aromatic heterocycles. The monoisotopic (exact) mass is 352 g/mol. The molecule has 5 heteroatoms. The number of piperidine rings is 1. The predicted molar refractivity (Wildman–Crippen MR) is 94.7 cm³/mol. The first-order chi connectivity index (χ1) is 11.2. The Morgan fingerprint density at radius 3 is 2.88 bits per heavy atom. The second-order valence-electron chi connectivity index (χ2n) is 7.53. The van der Waals surface area contributed by atoms with Crippen LogP contribution in [0, 0.1) is 17.2 Å². The van der Waals surface area contributed by atoms with Crippen LogP contribution >= 0.6 is 12.4 Å². The van der Waals surface area contributed by atoms with Crippen LogP contribution in [0.1, 0.15) is 37.7 Å². The summed E-state index contributed by atoms with van der Waals surface area (Å²) in [6, 6.07) is 7.06. The van der Waals surface area contributed by atoms with Gasteiger partial charge in [0.1, 0.15) is 5.82 Å². The fraction of sp³-hybridized carbons (Fsp3) is 0.632. The highest BCUT2D eigenvalue weighted by Crippen LogP contribution is 2.59. The van der Waals surface area contributed by atoms with Crippen LogP contribution in [0.2, 0.25) is 0 Å². The van der Waals surface area contributed by atoms with Crippen molar-refractivity contribution in [1.82, 2.24) is 10.2 Å². The Labute approximate surface area is 149 Å². The summed E-state index contributed by atoms with van der Waals surface area (Å²) in [5.74, 6) is 0.428. The normalized spacial score (nSPS) is 27.8. The van der Waals surface area contributed by atoms with Crippen LogP contribution in [-0.4, -0.2) is 36.5 Å². The third-order valence-electron chi connectivity index (χ3n) is 6.11. The molecule has 2 heterocycles. The summed E-state index contributed by atoms with van der Waals surface area (Å²) < 4.78 is 13.4. The summed E-state index contributed by atoms with van der Waals surface area (Å²) in [7, 11) is 0. The highest BCUT2D eigenvalue weighted by atomic mass is 35.5. The smallest absolute Gasteiger partial charge is 0.226 e. The Kier molecular flexibility index (Phi) is 5.16. The molecule has 2 aliphatic heterocycles. The standard InChI is InChI=1S/C19H25FN2O.ClH/c20-15-4-1-3-14(11-15)12-16-5-2-10-22(16)18(23)17-13-19(17)6-8-21-9-7-19;/h1,3-4,11,16-17,21H,2,5-10,12-13H2;1H. The molecule has 2 saturated heterocycles. The fourth-order valence-electron chi connectivity index (χ4n) is 4.65. The number of carbonyl (C=O) groups is 1. The third-order valence-corrected chi connectivity index (χ3v) is 6.11. The Balaban J connectivity index is 0.00000169. The molecule has 1 aliphatic carbocycles. The van der Waals surface area contributed by atoms with Crippen LogP contribution in [0.5, 0.6) is 0 Å². The van der Waals surface area contributed by atoms with Crippen LogP contribution in [0.3, 0.4) is 0 Å². The molecule has 3 nitrogen and oxygen atoms in total. The van der Waals surface area contributed by atoms with Crippen LogP contribution < -0.4 is 5.32 Å². The highest BCUT2D eigenvalue weighted by Gasteiger charge is 2.59. The molecule has 0 bridgehead atoms. The van der Waals surface area contributed by atoms with E-state index in [2.05, 4.69) is 10.2 Å². The maximum Gasteiger partial charge on any atom is 0.226 e. The van der Waals surface area contributed by atoms with Gasteiger partial charge in [-0.15, -0.1) is 12.4 Å². The van der Waals surface area contributed by atoms with E-state index in [0.717, 1.165) is 63.7 Å². The quantitative estimate of drug-likeness (QED) is 0.906. The molecule has 1 saturated carbocycles. The lowest BCUT2D eigenvalue weighted by Crippen LogP contribution is -2.40. The average Bonchev–Trinajstić information content (AvgIpc) is 3.03.